The van der Waals surface area contributed by atoms with Gasteiger partial charge in [0.1, 0.15) is 5.60 Å². The molecule has 1 aromatic rings. The van der Waals surface area contributed by atoms with E-state index in [-0.39, 0.29) is 12.1 Å². The van der Waals surface area contributed by atoms with Crippen molar-refractivity contribution < 1.29 is 19.4 Å². The summed E-state index contributed by atoms with van der Waals surface area (Å²) in [5.41, 5.74) is 1.73. The predicted octanol–water partition coefficient (Wildman–Crippen LogP) is 3.07. The third kappa shape index (κ3) is 6.19. The van der Waals surface area contributed by atoms with Crippen LogP contribution in [0, 0.1) is 5.92 Å². The van der Waals surface area contributed by atoms with Gasteiger partial charge in [-0.15, -0.1) is 0 Å². The molecule has 1 aromatic carbocycles. The summed E-state index contributed by atoms with van der Waals surface area (Å²) >= 11 is 0. The third-order valence-electron chi connectivity index (χ3n) is 4.87. The van der Waals surface area contributed by atoms with Crippen LogP contribution in [-0.2, 0) is 9.47 Å². The first-order chi connectivity index (χ1) is 12.8. The molecule has 0 aliphatic heterocycles. The summed E-state index contributed by atoms with van der Waals surface area (Å²) in [6.45, 7) is 7.14. The first kappa shape index (κ1) is 20.1. The van der Waals surface area contributed by atoms with Crippen molar-refractivity contribution >= 4 is 6.09 Å². The number of hydrogen-bond donors (Lipinski definition) is 3. The van der Waals surface area contributed by atoms with Crippen LogP contribution in [-0.4, -0.2) is 42.7 Å². The van der Waals surface area contributed by atoms with E-state index in [2.05, 4.69) is 16.7 Å². The van der Waals surface area contributed by atoms with E-state index in [1.165, 1.54) is 12.8 Å². The molecule has 0 spiro atoms. The van der Waals surface area contributed by atoms with Gasteiger partial charge in [-0.25, -0.2) is 4.79 Å². The summed E-state index contributed by atoms with van der Waals surface area (Å²) < 4.78 is 11.0. The molecular formula is C21H32N2O4. The summed E-state index contributed by atoms with van der Waals surface area (Å²) in [7, 11) is 0. The zero-order valence-corrected chi connectivity index (χ0v) is 16.5. The molecule has 2 aliphatic carbocycles. The molecular weight excluding hydrogens is 344 g/mol. The molecule has 6 nitrogen and oxygen atoms in total. The molecule has 0 saturated heterocycles. The number of nitrogens with one attached hydrogen (secondary N) is 2. The van der Waals surface area contributed by atoms with Gasteiger partial charge in [0.2, 0.25) is 0 Å². The zero-order valence-electron chi connectivity index (χ0n) is 16.5. The van der Waals surface area contributed by atoms with E-state index in [4.69, 9.17) is 9.47 Å². The van der Waals surface area contributed by atoms with Gasteiger partial charge in [-0.05, 0) is 57.1 Å². The van der Waals surface area contributed by atoms with Gasteiger partial charge in [0, 0.05) is 19.2 Å². The van der Waals surface area contributed by atoms with Crippen LogP contribution in [0.3, 0.4) is 0 Å². The number of alkyl carbamates (subject to hydrolysis) is 1. The number of carbonyl (C=O) groups is 1. The maximum Gasteiger partial charge on any atom is 0.408 e. The fourth-order valence-electron chi connectivity index (χ4n) is 3.41. The van der Waals surface area contributed by atoms with Crippen molar-refractivity contribution in [1.82, 2.24) is 10.6 Å². The van der Waals surface area contributed by atoms with Crippen LogP contribution < -0.4 is 10.6 Å². The van der Waals surface area contributed by atoms with Crippen LogP contribution in [0.15, 0.2) is 24.3 Å². The Morgan fingerprint density at radius 3 is 2.52 bits per heavy atom. The molecule has 0 radical (unpaired) electrons. The first-order valence-corrected chi connectivity index (χ1v) is 9.89. The number of hydrogen-bond acceptors (Lipinski definition) is 5. The number of ether oxygens (including phenoxy) is 2. The molecule has 1 amide bonds. The van der Waals surface area contributed by atoms with Crippen molar-refractivity contribution in [3.63, 3.8) is 0 Å². The summed E-state index contributed by atoms with van der Waals surface area (Å²) in [4.78, 5) is 12.2. The van der Waals surface area contributed by atoms with E-state index in [0.29, 0.717) is 19.1 Å². The van der Waals surface area contributed by atoms with Crippen molar-refractivity contribution in [2.75, 3.05) is 19.8 Å². The molecule has 3 rings (SSSR count). The lowest BCUT2D eigenvalue weighted by atomic mass is 10.1. The van der Waals surface area contributed by atoms with Crippen molar-refractivity contribution in [1.29, 1.82) is 0 Å². The average molecular weight is 376 g/mol. The topological polar surface area (TPSA) is 79.8 Å². The number of carbonyl (C=O) groups excluding carboxylic acids is 1. The van der Waals surface area contributed by atoms with Gasteiger partial charge in [0.15, 0.2) is 0 Å². The average Bonchev–Trinajstić information content (AvgIpc) is 3.34. The summed E-state index contributed by atoms with van der Waals surface area (Å²) in [5.74, 6) is 0.701. The zero-order chi connectivity index (χ0) is 19.4. The summed E-state index contributed by atoms with van der Waals surface area (Å²) in [5, 5.41) is 16.5. The van der Waals surface area contributed by atoms with E-state index >= 15 is 0 Å². The van der Waals surface area contributed by atoms with E-state index in [9.17, 15) is 9.90 Å². The second-order valence-corrected chi connectivity index (χ2v) is 8.66. The van der Waals surface area contributed by atoms with Crippen LogP contribution >= 0.6 is 0 Å². The lowest BCUT2D eigenvalue weighted by Crippen LogP contribution is -2.35. The Balaban J connectivity index is 1.51. The molecule has 0 aromatic heterocycles. The summed E-state index contributed by atoms with van der Waals surface area (Å²) in [6, 6.07) is 8.06. The highest BCUT2D eigenvalue weighted by Crippen LogP contribution is 2.38. The quantitative estimate of drug-likeness (QED) is 0.650. The molecule has 2 aliphatic rings. The molecule has 3 N–H and O–H groups in total. The van der Waals surface area contributed by atoms with Gasteiger partial charge >= 0.3 is 6.09 Å². The van der Waals surface area contributed by atoms with Crippen molar-refractivity contribution in [3.8, 4) is 0 Å². The molecule has 1 fully saturated rings. The van der Waals surface area contributed by atoms with Crippen molar-refractivity contribution in [2.24, 2.45) is 5.92 Å². The summed E-state index contributed by atoms with van der Waals surface area (Å²) in [6.07, 6.45) is 2.29. The fourth-order valence-corrected chi connectivity index (χ4v) is 3.41. The smallest absolute Gasteiger partial charge is 0.408 e. The van der Waals surface area contributed by atoms with Crippen molar-refractivity contribution in [2.45, 2.75) is 63.8 Å². The minimum Gasteiger partial charge on any atom is -0.444 e. The number of aliphatic hydroxyl groups is 1. The van der Waals surface area contributed by atoms with E-state index in [1.807, 2.05) is 39.0 Å². The monoisotopic (exact) mass is 376 g/mol. The van der Waals surface area contributed by atoms with Gasteiger partial charge in [-0.2, -0.15) is 0 Å². The Labute approximate surface area is 161 Å². The fraction of sp³-hybridized carbons (Fsp3) is 0.667. The molecule has 27 heavy (non-hydrogen) atoms. The second-order valence-electron chi connectivity index (χ2n) is 8.66. The Hall–Kier alpha value is -1.63. The minimum absolute atomic E-state index is 0.0826. The second kappa shape index (κ2) is 8.59. The maximum atomic E-state index is 12.2. The van der Waals surface area contributed by atoms with Gasteiger partial charge in [-0.1, -0.05) is 24.3 Å². The lowest BCUT2D eigenvalue weighted by molar-refractivity contribution is 0.0310. The lowest BCUT2D eigenvalue weighted by Gasteiger charge is -2.22. The van der Waals surface area contributed by atoms with Gasteiger partial charge in [0.05, 0.1) is 18.8 Å². The third-order valence-corrected chi connectivity index (χ3v) is 4.87. The molecule has 3 atom stereocenters. The normalized spacial score (nSPS) is 23.0. The van der Waals surface area contributed by atoms with Crippen LogP contribution in [0.1, 0.15) is 63.2 Å². The SMILES string of the molecule is CC(C)(C)OC(=O)N[C@@H]1C[C@H](NC[C@H](O)COCC2CC2)c2ccccc21. The van der Waals surface area contributed by atoms with Gasteiger partial charge < -0.3 is 25.2 Å². The highest BCUT2D eigenvalue weighted by Gasteiger charge is 2.32. The van der Waals surface area contributed by atoms with Crippen molar-refractivity contribution in [3.05, 3.63) is 35.4 Å². The van der Waals surface area contributed by atoms with E-state index in [1.54, 1.807) is 0 Å². The Morgan fingerprint density at radius 1 is 1.22 bits per heavy atom. The Morgan fingerprint density at radius 2 is 1.89 bits per heavy atom. The number of fused-ring (bicyclic) bond motifs is 1. The van der Waals surface area contributed by atoms with Crippen LogP contribution in [0.5, 0.6) is 0 Å². The number of benzene rings is 1. The molecule has 150 valence electrons. The molecule has 0 unspecified atom stereocenters. The van der Waals surface area contributed by atoms with E-state index in [0.717, 1.165) is 24.2 Å². The standard InChI is InChI=1S/C21H32N2O4/c1-21(2,3)27-20(25)23-19-10-18(16-6-4-5-7-17(16)19)22-11-15(24)13-26-12-14-8-9-14/h4-7,14-15,18-19,22,24H,8-13H2,1-3H3,(H,23,25)/t15-,18-,19+/m0/s1. The van der Waals surface area contributed by atoms with Crippen LogP contribution in [0.2, 0.25) is 0 Å². The number of rotatable bonds is 8. The predicted molar refractivity (Wildman–Crippen MR) is 103 cm³/mol. The first-order valence-electron chi connectivity index (χ1n) is 9.89. The van der Waals surface area contributed by atoms with Crippen LogP contribution in [0.25, 0.3) is 0 Å². The highest BCUT2D eigenvalue weighted by atomic mass is 16.6. The number of amides is 1. The maximum absolute atomic E-state index is 12.2. The van der Waals surface area contributed by atoms with Gasteiger partial charge in [-0.3, -0.25) is 0 Å². The Bertz CT molecular complexity index is 639. The minimum atomic E-state index is -0.534. The highest BCUT2D eigenvalue weighted by molar-refractivity contribution is 5.68. The molecule has 0 heterocycles. The molecule has 1 saturated carbocycles. The number of aliphatic hydroxyl groups excluding tert-OH is 1. The Kier molecular flexibility index (Phi) is 6.40. The molecule has 0 bridgehead atoms. The van der Waals surface area contributed by atoms with Gasteiger partial charge in [0.25, 0.3) is 0 Å². The van der Waals surface area contributed by atoms with Crippen LogP contribution in [0.4, 0.5) is 4.79 Å². The molecule has 6 heteroatoms. The largest absolute Gasteiger partial charge is 0.444 e. The van der Waals surface area contributed by atoms with E-state index < -0.39 is 17.8 Å².